The van der Waals surface area contributed by atoms with Gasteiger partial charge in [-0.1, -0.05) is 27.2 Å². The first-order valence-electron chi connectivity index (χ1n) is 8.18. The summed E-state index contributed by atoms with van der Waals surface area (Å²) in [6, 6.07) is 0. The van der Waals surface area contributed by atoms with Gasteiger partial charge in [0.25, 0.3) is 0 Å². The van der Waals surface area contributed by atoms with Crippen molar-refractivity contribution in [3.8, 4) is 0 Å². The van der Waals surface area contributed by atoms with Gasteiger partial charge in [0.05, 0.1) is 0 Å². The third-order valence-electron chi connectivity index (χ3n) is 3.57. The molecule has 0 aromatic rings. The van der Waals surface area contributed by atoms with Crippen LogP contribution in [0.5, 0.6) is 0 Å². The van der Waals surface area contributed by atoms with E-state index >= 15 is 0 Å². The molecule has 126 valence electrons. The lowest BCUT2D eigenvalue weighted by molar-refractivity contribution is 0.0514. The van der Waals surface area contributed by atoms with Crippen LogP contribution in [0.4, 0.5) is 4.79 Å². The molecular weight excluding hydrogens is 264 g/mol. The van der Waals surface area contributed by atoms with Crippen LogP contribution in [-0.2, 0) is 4.74 Å². The van der Waals surface area contributed by atoms with E-state index in [4.69, 9.17) is 4.74 Å². The Bertz CT molecular complexity index is 306. The van der Waals surface area contributed by atoms with E-state index in [9.17, 15) is 4.79 Å². The van der Waals surface area contributed by atoms with Crippen LogP contribution in [-0.4, -0.2) is 30.3 Å². The Labute approximate surface area is 131 Å². The normalized spacial score (nSPS) is 14.1. The second kappa shape index (κ2) is 8.62. The fourth-order valence-electron chi connectivity index (χ4n) is 2.19. The number of amides is 1. The highest BCUT2D eigenvalue weighted by atomic mass is 16.6. The maximum absolute atomic E-state index is 11.7. The van der Waals surface area contributed by atoms with Gasteiger partial charge in [0, 0.05) is 18.6 Å². The molecule has 1 amide bonds. The Morgan fingerprint density at radius 2 is 1.67 bits per heavy atom. The third kappa shape index (κ3) is 10.6. The molecule has 4 heteroatoms. The summed E-state index contributed by atoms with van der Waals surface area (Å²) in [7, 11) is 0. The summed E-state index contributed by atoms with van der Waals surface area (Å²) >= 11 is 0. The Balaban J connectivity index is 4.29. The summed E-state index contributed by atoms with van der Waals surface area (Å²) in [6.45, 7) is 18.2. The van der Waals surface area contributed by atoms with Crippen molar-refractivity contribution in [1.29, 1.82) is 0 Å². The van der Waals surface area contributed by atoms with Crippen LogP contribution in [0.1, 0.15) is 68.2 Å². The highest BCUT2D eigenvalue weighted by molar-refractivity contribution is 5.67. The molecule has 0 rings (SSSR count). The van der Waals surface area contributed by atoms with Gasteiger partial charge in [-0.05, 0) is 52.9 Å². The van der Waals surface area contributed by atoms with Crippen LogP contribution in [0.2, 0.25) is 0 Å². The van der Waals surface area contributed by atoms with E-state index in [1.165, 1.54) is 6.42 Å². The first-order valence-corrected chi connectivity index (χ1v) is 8.18. The average Bonchev–Trinajstić information content (AvgIpc) is 2.25. The Morgan fingerprint density at radius 1 is 1.10 bits per heavy atom. The molecule has 0 radical (unpaired) electrons. The Morgan fingerprint density at radius 3 is 2.10 bits per heavy atom. The predicted octanol–water partition coefficient (Wildman–Crippen LogP) is 3.95. The number of hydrogen-bond donors (Lipinski definition) is 2. The fraction of sp³-hybridized carbons (Fsp3) is 0.941. The highest BCUT2D eigenvalue weighted by Gasteiger charge is 2.22. The van der Waals surface area contributed by atoms with E-state index in [1.54, 1.807) is 0 Å². The smallest absolute Gasteiger partial charge is 0.407 e. The number of alkyl carbamates (subject to hydrolysis) is 1. The standard InChI is InChI=1S/C17H36N2O2/c1-9-10-17(7,8)19-12-14(13(2)3)11-18-15(20)21-16(4,5)6/h13-14,19H,9-12H2,1-8H3,(H,18,20). The van der Waals surface area contributed by atoms with Crippen LogP contribution in [0.3, 0.4) is 0 Å². The van der Waals surface area contributed by atoms with Crippen molar-refractivity contribution in [2.75, 3.05) is 13.1 Å². The molecule has 0 aliphatic rings. The third-order valence-corrected chi connectivity index (χ3v) is 3.57. The van der Waals surface area contributed by atoms with Crippen LogP contribution in [0, 0.1) is 11.8 Å². The van der Waals surface area contributed by atoms with Gasteiger partial charge in [-0.3, -0.25) is 0 Å². The van der Waals surface area contributed by atoms with Gasteiger partial charge in [-0.2, -0.15) is 0 Å². The lowest BCUT2D eigenvalue weighted by Gasteiger charge is -2.30. The zero-order valence-corrected chi connectivity index (χ0v) is 15.3. The molecule has 0 aromatic carbocycles. The minimum absolute atomic E-state index is 0.147. The van der Waals surface area contributed by atoms with E-state index in [0.29, 0.717) is 18.4 Å². The molecule has 0 bridgehead atoms. The van der Waals surface area contributed by atoms with Crippen molar-refractivity contribution in [3.63, 3.8) is 0 Å². The van der Waals surface area contributed by atoms with E-state index < -0.39 is 5.60 Å². The zero-order valence-electron chi connectivity index (χ0n) is 15.3. The van der Waals surface area contributed by atoms with Gasteiger partial charge in [-0.15, -0.1) is 0 Å². The van der Waals surface area contributed by atoms with Gasteiger partial charge < -0.3 is 15.4 Å². The van der Waals surface area contributed by atoms with Crippen LogP contribution in [0.25, 0.3) is 0 Å². The second-order valence-corrected chi connectivity index (χ2v) is 7.90. The van der Waals surface area contributed by atoms with Gasteiger partial charge in [0.2, 0.25) is 0 Å². The number of carbonyl (C=O) groups excluding carboxylic acids is 1. The number of rotatable bonds is 8. The predicted molar refractivity (Wildman–Crippen MR) is 89.6 cm³/mol. The maximum Gasteiger partial charge on any atom is 0.407 e. The molecule has 1 unspecified atom stereocenters. The van der Waals surface area contributed by atoms with Crippen molar-refractivity contribution in [1.82, 2.24) is 10.6 Å². The van der Waals surface area contributed by atoms with Gasteiger partial charge >= 0.3 is 6.09 Å². The van der Waals surface area contributed by atoms with Crippen LogP contribution in [0.15, 0.2) is 0 Å². The van der Waals surface area contributed by atoms with Gasteiger partial charge in [0.1, 0.15) is 5.60 Å². The summed E-state index contributed by atoms with van der Waals surface area (Å²) in [5, 5.41) is 6.51. The van der Waals surface area contributed by atoms with Crippen molar-refractivity contribution < 1.29 is 9.53 Å². The molecule has 0 saturated heterocycles. The minimum atomic E-state index is -0.446. The molecule has 0 aromatic heterocycles. The highest BCUT2D eigenvalue weighted by Crippen LogP contribution is 2.15. The van der Waals surface area contributed by atoms with Crippen LogP contribution < -0.4 is 10.6 Å². The first-order chi connectivity index (χ1) is 9.47. The molecule has 0 saturated carbocycles. The van der Waals surface area contributed by atoms with Crippen molar-refractivity contribution in [2.45, 2.75) is 79.4 Å². The molecule has 21 heavy (non-hydrogen) atoms. The summed E-state index contributed by atoms with van der Waals surface area (Å²) in [6.07, 6.45) is 1.99. The minimum Gasteiger partial charge on any atom is -0.444 e. The fourth-order valence-corrected chi connectivity index (χ4v) is 2.19. The van der Waals surface area contributed by atoms with E-state index in [2.05, 4.69) is 45.3 Å². The number of carbonyl (C=O) groups is 1. The number of nitrogens with one attached hydrogen (secondary N) is 2. The maximum atomic E-state index is 11.7. The molecule has 0 spiro atoms. The lowest BCUT2D eigenvalue weighted by Crippen LogP contribution is -2.45. The molecule has 0 aliphatic carbocycles. The monoisotopic (exact) mass is 300 g/mol. The van der Waals surface area contributed by atoms with E-state index in [0.717, 1.165) is 13.0 Å². The molecule has 4 nitrogen and oxygen atoms in total. The average molecular weight is 300 g/mol. The summed E-state index contributed by atoms with van der Waals surface area (Å²) in [4.78, 5) is 11.7. The number of hydrogen-bond acceptors (Lipinski definition) is 3. The zero-order chi connectivity index (χ0) is 16.7. The quantitative estimate of drug-likeness (QED) is 0.713. The van der Waals surface area contributed by atoms with Gasteiger partial charge in [0.15, 0.2) is 0 Å². The summed E-state index contributed by atoms with van der Waals surface area (Å²) < 4.78 is 5.28. The second-order valence-electron chi connectivity index (χ2n) is 7.90. The van der Waals surface area contributed by atoms with Crippen LogP contribution >= 0.6 is 0 Å². The summed E-state index contributed by atoms with van der Waals surface area (Å²) in [5.74, 6) is 0.901. The lowest BCUT2D eigenvalue weighted by atomic mass is 9.92. The molecule has 0 fully saturated rings. The number of ether oxygens (including phenoxy) is 1. The van der Waals surface area contributed by atoms with E-state index in [-0.39, 0.29) is 11.6 Å². The Kier molecular flexibility index (Phi) is 8.30. The molecule has 1 atom stereocenters. The summed E-state index contributed by atoms with van der Waals surface area (Å²) in [5.41, 5.74) is -0.299. The Hall–Kier alpha value is -0.770. The first kappa shape index (κ1) is 20.2. The molecular formula is C17H36N2O2. The van der Waals surface area contributed by atoms with Crippen molar-refractivity contribution >= 4 is 6.09 Å². The topological polar surface area (TPSA) is 50.4 Å². The van der Waals surface area contributed by atoms with E-state index in [1.807, 2.05) is 20.8 Å². The molecule has 0 heterocycles. The molecule has 0 aliphatic heterocycles. The SMILES string of the molecule is CCCC(C)(C)NCC(CNC(=O)OC(C)(C)C)C(C)C. The molecule has 2 N–H and O–H groups in total. The largest absolute Gasteiger partial charge is 0.444 e. The van der Waals surface area contributed by atoms with Crippen molar-refractivity contribution in [3.05, 3.63) is 0 Å². The van der Waals surface area contributed by atoms with Gasteiger partial charge in [-0.25, -0.2) is 4.79 Å². The van der Waals surface area contributed by atoms with Crippen molar-refractivity contribution in [2.24, 2.45) is 11.8 Å².